The SMILES string of the molecule is CC(C)c1ccc(-c2cccc3[cH-]c(C(C)C)cc23)cc1.CCC(C)c1ccc(-c2cccc3[cH-]c(C)cc23)cc1.Cl.Cl.[CH3-].[CH3-].[Si]=[Zr]. The standard InChI is InChI=1S/C21H23.C20H21.2CH3.2ClH.Si.Zr/c1-14(2)16-8-10-17(11-9-16)20-7-5-6-18-12-19(15(3)4)13-21(18)20;1-4-15(3)16-8-10-17(11-9-16)19-7-5-6-18-12-14(2)13-20(18)19;;;;;;/h5-15H,1-4H3;5-13,15H,4H2,1-3H3;2*1H3;2*1H;;/q4*-1;;;;. The molecule has 6 rings (SSSR count). The van der Waals surface area contributed by atoms with E-state index >= 15 is 0 Å². The fraction of sp³-hybridized carbons (Fsp3) is 0.256. The zero-order chi connectivity index (χ0) is 31.1. The van der Waals surface area contributed by atoms with Crippen LogP contribution >= 0.6 is 24.8 Å². The molecule has 0 aromatic heterocycles. The molecule has 4 heteroatoms. The molecule has 0 aliphatic carbocycles. The summed E-state index contributed by atoms with van der Waals surface area (Å²) < 4.78 is 0. The first-order valence-electron chi connectivity index (χ1n) is 15.6. The third-order valence-electron chi connectivity index (χ3n) is 8.63. The summed E-state index contributed by atoms with van der Waals surface area (Å²) in [5.74, 6) is 1.80. The Bertz CT molecular complexity index is 1760. The Morgan fingerprint density at radius 1 is 0.596 bits per heavy atom. The van der Waals surface area contributed by atoms with Gasteiger partial charge in [0.05, 0.1) is 0 Å². The molecule has 47 heavy (non-hydrogen) atoms. The zero-order valence-corrected chi connectivity index (χ0v) is 34.7. The van der Waals surface area contributed by atoms with Gasteiger partial charge in [0.1, 0.15) is 0 Å². The Hall–Kier alpha value is -2.22. The van der Waals surface area contributed by atoms with Crippen LogP contribution in [0.3, 0.4) is 0 Å². The summed E-state index contributed by atoms with van der Waals surface area (Å²) in [5.41, 5.74) is 10.9. The van der Waals surface area contributed by atoms with Gasteiger partial charge >= 0.3 is 30.2 Å². The van der Waals surface area contributed by atoms with Crippen molar-refractivity contribution < 1.29 is 23.3 Å². The first-order chi connectivity index (χ1) is 20.7. The van der Waals surface area contributed by atoms with Crippen molar-refractivity contribution >= 4 is 53.2 Å². The van der Waals surface area contributed by atoms with E-state index < -0.39 is 0 Å². The molecule has 0 N–H and O–H groups in total. The number of hydrogen-bond donors (Lipinski definition) is 0. The second kappa shape index (κ2) is 21.0. The fourth-order valence-electron chi connectivity index (χ4n) is 5.75. The molecule has 0 saturated carbocycles. The second-order valence-corrected chi connectivity index (χ2v) is 12.3. The average molecular weight is 759 g/mol. The van der Waals surface area contributed by atoms with E-state index in [-0.39, 0.29) is 39.7 Å². The third-order valence-corrected chi connectivity index (χ3v) is 8.63. The summed E-state index contributed by atoms with van der Waals surface area (Å²) in [5, 5.41) is 5.43. The molecule has 0 bridgehead atoms. The molecule has 6 aromatic carbocycles. The van der Waals surface area contributed by atoms with E-state index in [1.807, 2.05) is 0 Å². The van der Waals surface area contributed by atoms with Crippen LogP contribution < -0.4 is 0 Å². The Morgan fingerprint density at radius 3 is 1.49 bits per heavy atom. The number of fused-ring (bicyclic) bond motifs is 2. The summed E-state index contributed by atoms with van der Waals surface area (Å²) in [6.45, 7) is 18.7. The molecular formula is C43H52Cl2SiZr-4. The fourth-order valence-corrected chi connectivity index (χ4v) is 5.75. The number of halogens is 2. The van der Waals surface area contributed by atoms with Gasteiger partial charge in [-0.05, 0) is 46.4 Å². The van der Waals surface area contributed by atoms with Gasteiger partial charge in [-0.25, -0.2) is 0 Å². The van der Waals surface area contributed by atoms with Gasteiger partial charge in [-0.1, -0.05) is 120 Å². The molecule has 6 aromatic rings. The molecule has 0 aliphatic rings. The zero-order valence-electron chi connectivity index (χ0n) is 29.6. The quantitative estimate of drug-likeness (QED) is 0.117. The van der Waals surface area contributed by atoms with Crippen LogP contribution in [0.15, 0.2) is 109 Å². The number of aryl methyl sites for hydroxylation is 1. The van der Waals surface area contributed by atoms with Crippen molar-refractivity contribution in [2.24, 2.45) is 0 Å². The molecule has 0 spiro atoms. The first-order valence-corrected chi connectivity index (χ1v) is 19.7. The van der Waals surface area contributed by atoms with Crippen molar-refractivity contribution in [1.82, 2.24) is 0 Å². The summed E-state index contributed by atoms with van der Waals surface area (Å²) in [7, 11) is 0. The Morgan fingerprint density at radius 2 is 1.04 bits per heavy atom. The van der Waals surface area contributed by atoms with E-state index in [1.54, 1.807) is 0 Å². The molecule has 0 saturated heterocycles. The van der Waals surface area contributed by atoms with Crippen molar-refractivity contribution in [1.29, 1.82) is 0 Å². The van der Waals surface area contributed by atoms with E-state index in [0.29, 0.717) is 17.8 Å². The van der Waals surface area contributed by atoms with Crippen LogP contribution in [-0.4, -0.2) is 6.88 Å². The van der Waals surface area contributed by atoms with Crippen LogP contribution in [-0.2, 0) is 23.3 Å². The van der Waals surface area contributed by atoms with Crippen LogP contribution in [0, 0.1) is 21.8 Å². The number of rotatable bonds is 6. The van der Waals surface area contributed by atoms with E-state index in [1.165, 1.54) is 95.8 Å². The number of benzene rings is 4. The molecule has 0 fully saturated rings. The molecule has 0 amide bonds. The van der Waals surface area contributed by atoms with Gasteiger partial charge in [-0.3, -0.25) is 0 Å². The van der Waals surface area contributed by atoms with Crippen LogP contribution in [0.2, 0.25) is 0 Å². The average Bonchev–Trinajstić information content (AvgIpc) is 3.65. The minimum absolute atomic E-state index is 0. The van der Waals surface area contributed by atoms with Crippen LogP contribution in [0.25, 0.3) is 43.8 Å². The van der Waals surface area contributed by atoms with Crippen molar-refractivity contribution in [3.8, 4) is 22.3 Å². The second-order valence-electron chi connectivity index (χ2n) is 12.3. The maximum absolute atomic E-state index is 3.06. The van der Waals surface area contributed by atoms with Crippen LogP contribution in [0.1, 0.15) is 88.0 Å². The van der Waals surface area contributed by atoms with Gasteiger partial charge in [0.2, 0.25) is 0 Å². The van der Waals surface area contributed by atoms with Gasteiger partial charge in [0.15, 0.2) is 0 Å². The Labute approximate surface area is 315 Å². The monoisotopic (exact) mass is 756 g/mol. The van der Waals surface area contributed by atoms with E-state index in [2.05, 4.69) is 165 Å². The molecule has 2 radical (unpaired) electrons. The summed E-state index contributed by atoms with van der Waals surface area (Å²) in [4.78, 5) is 0. The van der Waals surface area contributed by atoms with Gasteiger partial charge < -0.3 is 14.9 Å². The van der Waals surface area contributed by atoms with E-state index in [0.717, 1.165) is 0 Å². The molecular weight excluding hydrogens is 707 g/mol. The van der Waals surface area contributed by atoms with Gasteiger partial charge in [0.25, 0.3) is 0 Å². The van der Waals surface area contributed by atoms with Crippen molar-refractivity contribution in [3.05, 3.63) is 146 Å². The molecule has 1 atom stereocenters. The molecule has 0 heterocycles. The maximum atomic E-state index is 3.06. The summed E-state index contributed by atoms with van der Waals surface area (Å²) in [6.07, 6.45) is 1.19. The summed E-state index contributed by atoms with van der Waals surface area (Å²) >= 11 is 1.36. The molecule has 0 nitrogen and oxygen atoms in total. The van der Waals surface area contributed by atoms with E-state index in [9.17, 15) is 0 Å². The topological polar surface area (TPSA) is 0 Å². The van der Waals surface area contributed by atoms with Crippen LogP contribution in [0.5, 0.6) is 0 Å². The van der Waals surface area contributed by atoms with Gasteiger partial charge in [-0.15, -0.1) is 93.9 Å². The Kier molecular flexibility index (Phi) is 20.0. The van der Waals surface area contributed by atoms with Crippen molar-refractivity contribution in [2.45, 2.75) is 72.6 Å². The number of hydrogen-bond acceptors (Lipinski definition) is 0. The van der Waals surface area contributed by atoms with Gasteiger partial charge in [-0.2, -0.15) is 12.1 Å². The van der Waals surface area contributed by atoms with E-state index in [4.69, 9.17) is 0 Å². The molecule has 0 aliphatic heterocycles. The first kappa shape index (κ1) is 44.8. The summed E-state index contributed by atoms with van der Waals surface area (Å²) in [6, 6.07) is 40.5. The minimum atomic E-state index is 0. The molecule has 250 valence electrons. The predicted octanol–water partition coefficient (Wildman–Crippen LogP) is 13.9. The van der Waals surface area contributed by atoms with Crippen molar-refractivity contribution in [2.75, 3.05) is 0 Å². The molecule has 1 unspecified atom stereocenters. The van der Waals surface area contributed by atoms with Gasteiger partial charge in [0, 0.05) is 0 Å². The predicted molar refractivity (Wildman–Crippen MR) is 215 cm³/mol. The normalized spacial score (nSPS) is 10.7. The third kappa shape index (κ3) is 10.9. The Balaban J connectivity index is 0.000000792. The van der Waals surface area contributed by atoms with Crippen molar-refractivity contribution in [3.63, 3.8) is 0 Å². The van der Waals surface area contributed by atoms with Crippen LogP contribution in [0.4, 0.5) is 0 Å².